The van der Waals surface area contributed by atoms with Gasteiger partial charge in [-0.3, -0.25) is 14.7 Å². The number of amides is 1. The van der Waals surface area contributed by atoms with Gasteiger partial charge in [0.15, 0.2) is 11.6 Å². The van der Waals surface area contributed by atoms with Crippen LogP contribution in [0, 0.1) is 17.2 Å². The molecule has 0 radical (unpaired) electrons. The van der Waals surface area contributed by atoms with E-state index in [1.807, 2.05) is 33.0 Å². The van der Waals surface area contributed by atoms with Crippen molar-refractivity contribution in [3.8, 4) is 17.2 Å². The van der Waals surface area contributed by atoms with E-state index in [0.29, 0.717) is 18.1 Å². The molecule has 1 atom stereocenters. The van der Waals surface area contributed by atoms with Crippen molar-refractivity contribution < 1.29 is 18.7 Å². The van der Waals surface area contributed by atoms with Crippen LogP contribution in [0.3, 0.4) is 0 Å². The number of nitrogens with zero attached hydrogens (tertiary/aromatic N) is 6. The molecule has 1 aromatic carbocycles. The molecule has 46 heavy (non-hydrogen) atoms. The number of halogens is 1. The highest BCUT2D eigenvalue weighted by molar-refractivity contribution is 5.97. The van der Waals surface area contributed by atoms with Gasteiger partial charge in [0.2, 0.25) is 0 Å². The molecule has 1 N–H and O–H groups in total. The summed E-state index contributed by atoms with van der Waals surface area (Å²) in [5.74, 6) is 2.36. The zero-order chi connectivity index (χ0) is 31.8. The Morgan fingerprint density at radius 3 is 2.78 bits per heavy atom. The summed E-state index contributed by atoms with van der Waals surface area (Å²) >= 11 is 0. The van der Waals surface area contributed by atoms with Crippen molar-refractivity contribution in [1.82, 2.24) is 30.1 Å². The van der Waals surface area contributed by atoms with E-state index in [1.165, 1.54) is 42.2 Å². The average molecular weight is 630 g/mol. The molecule has 5 heterocycles. The summed E-state index contributed by atoms with van der Waals surface area (Å²) in [4.78, 5) is 33.2. The van der Waals surface area contributed by atoms with Gasteiger partial charge in [0.1, 0.15) is 29.7 Å². The summed E-state index contributed by atoms with van der Waals surface area (Å²) in [6.45, 7) is 13.3. The summed E-state index contributed by atoms with van der Waals surface area (Å²) < 4.78 is 27.2. The molecule has 0 unspecified atom stereocenters. The van der Waals surface area contributed by atoms with Crippen molar-refractivity contribution in [2.45, 2.75) is 65.1 Å². The number of nitrogens with one attached hydrogen (secondary N) is 1. The second-order valence-corrected chi connectivity index (χ2v) is 13.7. The fourth-order valence-corrected chi connectivity index (χ4v) is 7.70. The van der Waals surface area contributed by atoms with Gasteiger partial charge < -0.3 is 24.6 Å². The number of ether oxygens (including phenoxy) is 2. The minimum Gasteiger partial charge on any atom is -0.490 e. The van der Waals surface area contributed by atoms with Crippen molar-refractivity contribution >= 4 is 11.7 Å². The summed E-state index contributed by atoms with van der Waals surface area (Å²) in [6.07, 6.45) is 9.39. The summed E-state index contributed by atoms with van der Waals surface area (Å²) in [5, 5.41) is 3.49. The molecule has 3 aliphatic heterocycles. The SMILES string of the molecule is CCN(C(=O)c1cc(F)ccc1Oc1cncnc1N1CC2(CC(Oc3ccnc4c3CN(C[C@H]3CCNC3)CC4)C2)C1)C(C)C. The number of carbonyl (C=O) groups excluding carboxylic acids is 1. The van der Waals surface area contributed by atoms with Crippen molar-refractivity contribution in [2.24, 2.45) is 11.3 Å². The third-order valence-corrected chi connectivity index (χ3v) is 10.1. The number of aromatic nitrogens is 3. The van der Waals surface area contributed by atoms with E-state index in [0.717, 1.165) is 76.7 Å². The molecule has 3 fully saturated rings. The van der Waals surface area contributed by atoms with E-state index in [9.17, 15) is 9.18 Å². The molecule has 2 saturated heterocycles. The monoisotopic (exact) mass is 629 g/mol. The van der Waals surface area contributed by atoms with E-state index < -0.39 is 5.82 Å². The Hall–Kier alpha value is -3.83. The third kappa shape index (κ3) is 6.14. The molecule has 2 aromatic heterocycles. The van der Waals surface area contributed by atoms with Crippen LogP contribution in [0.2, 0.25) is 0 Å². The first-order valence-electron chi connectivity index (χ1n) is 16.7. The fraction of sp³-hybridized carbons (Fsp3) is 0.543. The van der Waals surface area contributed by atoms with Crippen LogP contribution in [0.4, 0.5) is 10.2 Å². The first-order valence-corrected chi connectivity index (χ1v) is 16.7. The van der Waals surface area contributed by atoms with Gasteiger partial charge in [0.25, 0.3) is 5.91 Å². The second-order valence-electron chi connectivity index (χ2n) is 13.7. The van der Waals surface area contributed by atoms with E-state index in [1.54, 1.807) is 11.1 Å². The number of pyridine rings is 1. The first kappa shape index (κ1) is 30.8. The molecule has 244 valence electrons. The highest BCUT2D eigenvalue weighted by Gasteiger charge is 2.54. The van der Waals surface area contributed by atoms with Crippen molar-refractivity contribution in [2.75, 3.05) is 50.7 Å². The maximum Gasteiger partial charge on any atom is 0.257 e. The lowest BCUT2D eigenvalue weighted by atomic mass is 9.61. The largest absolute Gasteiger partial charge is 0.490 e. The Balaban J connectivity index is 0.985. The zero-order valence-electron chi connectivity index (χ0n) is 27.0. The Morgan fingerprint density at radius 1 is 1.17 bits per heavy atom. The molecule has 1 spiro atoms. The molecule has 10 nitrogen and oxygen atoms in total. The van der Waals surface area contributed by atoms with Gasteiger partial charge in [0.05, 0.1) is 11.8 Å². The highest BCUT2D eigenvalue weighted by atomic mass is 19.1. The van der Waals surface area contributed by atoms with Crippen LogP contribution in [-0.2, 0) is 13.0 Å². The number of hydrogen-bond donors (Lipinski definition) is 1. The Labute approximate surface area is 270 Å². The number of anilines is 1. The minimum atomic E-state index is -0.488. The smallest absolute Gasteiger partial charge is 0.257 e. The van der Waals surface area contributed by atoms with E-state index in [-0.39, 0.29) is 34.8 Å². The van der Waals surface area contributed by atoms with Gasteiger partial charge in [-0.25, -0.2) is 14.4 Å². The Kier molecular flexibility index (Phi) is 8.54. The minimum absolute atomic E-state index is 0.0326. The van der Waals surface area contributed by atoms with Crippen LogP contribution in [0.5, 0.6) is 17.2 Å². The van der Waals surface area contributed by atoms with Crippen molar-refractivity contribution in [3.63, 3.8) is 0 Å². The number of benzene rings is 1. The van der Waals surface area contributed by atoms with E-state index in [2.05, 4.69) is 30.1 Å². The van der Waals surface area contributed by atoms with Gasteiger partial charge in [0, 0.05) is 74.6 Å². The maximum absolute atomic E-state index is 14.3. The lowest BCUT2D eigenvalue weighted by molar-refractivity contribution is -0.0353. The zero-order valence-corrected chi connectivity index (χ0v) is 27.0. The molecule has 1 aliphatic carbocycles. The molecule has 3 aromatic rings. The lowest BCUT2D eigenvalue weighted by Gasteiger charge is -2.59. The molecule has 1 amide bonds. The summed E-state index contributed by atoms with van der Waals surface area (Å²) in [6, 6.07) is 6.05. The lowest BCUT2D eigenvalue weighted by Crippen LogP contribution is -2.65. The predicted molar refractivity (Wildman–Crippen MR) is 173 cm³/mol. The van der Waals surface area contributed by atoms with E-state index in [4.69, 9.17) is 9.47 Å². The average Bonchev–Trinajstić information content (AvgIpc) is 3.52. The Morgan fingerprint density at radius 2 is 2.02 bits per heavy atom. The van der Waals surface area contributed by atoms with Crippen molar-refractivity contribution in [3.05, 3.63) is 65.6 Å². The second kappa shape index (κ2) is 12.8. The normalized spacial score (nSPS) is 20.7. The predicted octanol–water partition coefficient (Wildman–Crippen LogP) is 4.69. The Bertz CT molecular complexity index is 1570. The highest BCUT2D eigenvalue weighted by Crippen LogP contribution is 2.52. The maximum atomic E-state index is 14.3. The number of hydrogen-bond acceptors (Lipinski definition) is 9. The van der Waals surface area contributed by atoms with Crippen LogP contribution < -0.4 is 19.7 Å². The number of rotatable bonds is 10. The van der Waals surface area contributed by atoms with Crippen LogP contribution >= 0.6 is 0 Å². The fourth-order valence-electron chi connectivity index (χ4n) is 7.70. The van der Waals surface area contributed by atoms with Crippen LogP contribution in [0.15, 0.2) is 43.0 Å². The van der Waals surface area contributed by atoms with Gasteiger partial charge in [-0.15, -0.1) is 0 Å². The third-order valence-electron chi connectivity index (χ3n) is 10.1. The van der Waals surface area contributed by atoms with Gasteiger partial charge >= 0.3 is 0 Å². The van der Waals surface area contributed by atoms with E-state index >= 15 is 0 Å². The first-order chi connectivity index (χ1) is 22.3. The van der Waals surface area contributed by atoms with Gasteiger partial charge in [-0.2, -0.15) is 0 Å². The summed E-state index contributed by atoms with van der Waals surface area (Å²) in [5.41, 5.74) is 2.79. The van der Waals surface area contributed by atoms with Gasteiger partial charge in [-0.1, -0.05) is 0 Å². The summed E-state index contributed by atoms with van der Waals surface area (Å²) in [7, 11) is 0. The van der Waals surface area contributed by atoms with Crippen LogP contribution in [0.25, 0.3) is 0 Å². The number of fused-ring (bicyclic) bond motifs is 1. The molecule has 0 bridgehead atoms. The molecule has 4 aliphatic rings. The topological polar surface area (TPSA) is 96.0 Å². The molecular weight excluding hydrogens is 585 g/mol. The van der Waals surface area contributed by atoms with Crippen molar-refractivity contribution in [1.29, 1.82) is 0 Å². The quantitative estimate of drug-likeness (QED) is 0.343. The standard InChI is InChI=1S/C35H44FN7O3/c1-4-43(23(2)3)34(44)27-13-25(36)5-6-30(27)46-32-17-38-22-40-33(32)42-20-35(21-42)14-26(15-35)45-31-8-11-39-29-9-12-41(19-28(29)31)18-24-7-10-37-16-24/h5-6,8,11,13,17,22-24,26,37H,4,7,9-10,12,14-16,18-21H2,1-3H3/t24-/m0/s1. The molecule has 7 rings (SSSR count). The van der Waals surface area contributed by atoms with Crippen LogP contribution in [0.1, 0.15) is 61.6 Å². The van der Waals surface area contributed by atoms with Gasteiger partial charge in [-0.05, 0) is 83.3 Å². The molecular formula is C35H44FN7O3. The van der Waals surface area contributed by atoms with Crippen LogP contribution in [-0.4, -0.2) is 88.6 Å². The molecule has 1 saturated carbocycles. The molecule has 11 heteroatoms. The number of carbonyl (C=O) groups is 1.